The molecule has 3 rings (SSSR count). The van der Waals surface area contributed by atoms with Crippen molar-refractivity contribution >= 4 is 23.6 Å². The molecule has 1 aromatic heterocycles. The number of aromatic nitrogens is 2. The van der Waals surface area contributed by atoms with Crippen LogP contribution in [0.5, 0.6) is 0 Å². The summed E-state index contributed by atoms with van der Waals surface area (Å²) in [5, 5.41) is 0.147. The Balaban J connectivity index is 1.53. The topological polar surface area (TPSA) is 75.6 Å². The molecule has 0 radical (unpaired) electrons. The van der Waals surface area contributed by atoms with Crippen molar-refractivity contribution in [3.05, 3.63) is 23.2 Å². The zero-order valence-electron chi connectivity index (χ0n) is 16.2. The maximum Gasteiger partial charge on any atom is 0.410 e. The molecule has 0 atom stereocenters. The summed E-state index contributed by atoms with van der Waals surface area (Å²) in [4.78, 5) is 36.5. The van der Waals surface area contributed by atoms with Crippen molar-refractivity contribution in [3.8, 4) is 0 Å². The molecule has 2 saturated heterocycles. The number of nitrogens with zero attached hydrogens (tertiary/aromatic N) is 4. The number of carbonyl (C=O) groups is 2. The van der Waals surface area contributed by atoms with Crippen molar-refractivity contribution in [2.75, 3.05) is 26.2 Å². The number of amides is 2. The minimum absolute atomic E-state index is 0.147. The maximum absolute atomic E-state index is 12.6. The summed E-state index contributed by atoms with van der Waals surface area (Å²) in [6, 6.07) is 0. The molecule has 2 aliphatic heterocycles. The second-order valence-corrected chi connectivity index (χ2v) is 8.81. The highest BCUT2D eigenvalue weighted by molar-refractivity contribution is 6.32. The van der Waals surface area contributed by atoms with Gasteiger partial charge in [0.05, 0.1) is 0 Å². The normalized spacial score (nSPS) is 19.9. The van der Waals surface area contributed by atoms with Crippen LogP contribution in [0.1, 0.15) is 56.9 Å². The Morgan fingerprint density at radius 1 is 1.00 bits per heavy atom. The van der Waals surface area contributed by atoms with E-state index in [1.54, 1.807) is 9.80 Å². The maximum atomic E-state index is 12.6. The van der Waals surface area contributed by atoms with Crippen LogP contribution >= 0.6 is 11.6 Å². The van der Waals surface area contributed by atoms with Gasteiger partial charge >= 0.3 is 6.09 Å². The van der Waals surface area contributed by atoms with Crippen LogP contribution in [-0.2, 0) is 4.74 Å². The SMILES string of the molecule is CC(C)(C)OC(=O)N1CCC2(CC1)CCN(C(=O)c1nccnc1Cl)CC2. The first-order valence-corrected chi connectivity index (χ1v) is 9.81. The van der Waals surface area contributed by atoms with Crippen LogP contribution in [0.4, 0.5) is 4.79 Å². The molecule has 1 aromatic rings. The van der Waals surface area contributed by atoms with Crippen molar-refractivity contribution in [2.24, 2.45) is 5.41 Å². The van der Waals surface area contributed by atoms with Gasteiger partial charge in [0, 0.05) is 38.6 Å². The summed E-state index contributed by atoms with van der Waals surface area (Å²) >= 11 is 6.00. The van der Waals surface area contributed by atoms with E-state index in [9.17, 15) is 9.59 Å². The fourth-order valence-corrected chi connectivity index (χ4v) is 3.97. The third-order valence-corrected chi connectivity index (χ3v) is 5.72. The van der Waals surface area contributed by atoms with Crippen molar-refractivity contribution < 1.29 is 14.3 Å². The molecule has 0 aromatic carbocycles. The van der Waals surface area contributed by atoms with Crippen LogP contribution in [0.2, 0.25) is 5.15 Å². The highest BCUT2D eigenvalue weighted by Crippen LogP contribution is 2.41. The molecule has 2 fully saturated rings. The summed E-state index contributed by atoms with van der Waals surface area (Å²) in [5.41, 5.74) is -0.0593. The van der Waals surface area contributed by atoms with E-state index in [0.717, 1.165) is 25.7 Å². The molecule has 0 aliphatic carbocycles. The van der Waals surface area contributed by atoms with Gasteiger partial charge in [-0.2, -0.15) is 0 Å². The van der Waals surface area contributed by atoms with Crippen molar-refractivity contribution in [3.63, 3.8) is 0 Å². The summed E-state index contributed by atoms with van der Waals surface area (Å²) in [5.74, 6) is -0.158. The number of halogens is 1. The Morgan fingerprint density at radius 2 is 1.52 bits per heavy atom. The lowest BCUT2D eigenvalue weighted by atomic mass is 9.71. The fourth-order valence-electron chi connectivity index (χ4n) is 3.79. The van der Waals surface area contributed by atoms with Gasteiger partial charge in [0.15, 0.2) is 10.8 Å². The fraction of sp³-hybridized carbons (Fsp3) is 0.684. The number of ether oxygens (including phenoxy) is 1. The van der Waals surface area contributed by atoms with E-state index in [4.69, 9.17) is 16.3 Å². The standard InChI is InChI=1S/C19H27ClN4O3/c1-18(2,3)27-17(26)24-12-6-19(7-13-24)4-10-23(11-5-19)16(25)14-15(20)22-9-8-21-14/h8-9H,4-7,10-13H2,1-3H3. The molecule has 0 saturated carbocycles. The molecule has 2 amide bonds. The van der Waals surface area contributed by atoms with Crippen LogP contribution < -0.4 is 0 Å². The highest BCUT2D eigenvalue weighted by atomic mass is 35.5. The number of rotatable bonds is 1. The van der Waals surface area contributed by atoms with Gasteiger partial charge in [0.1, 0.15) is 5.60 Å². The van der Waals surface area contributed by atoms with Crippen LogP contribution in [0.25, 0.3) is 0 Å². The van der Waals surface area contributed by atoms with E-state index in [1.165, 1.54) is 12.4 Å². The van der Waals surface area contributed by atoms with E-state index in [1.807, 2.05) is 20.8 Å². The molecule has 7 nitrogen and oxygen atoms in total. The summed E-state index contributed by atoms with van der Waals surface area (Å²) in [7, 11) is 0. The molecule has 0 bridgehead atoms. The van der Waals surface area contributed by atoms with Crippen LogP contribution in [0, 0.1) is 5.41 Å². The minimum atomic E-state index is -0.473. The average molecular weight is 395 g/mol. The Morgan fingerprint density at radius 3 is 2.04 bits per heavy atom. The number of piperidine rings is 2. The van der Waals surface area contributed by atoms with E-state index in [2.05, 4.69) is 9.97 Å². The van der Waals surface area contributed by atoms with Crippen molar-refractivity contribution in [1.29, 1.82) is 0 Å². The first-order valence-electron chi connectivity index (χ1n) is 9.43. The summed E-state index contributed by atoms with van der Waals surface area (Å²) < 4.78 is 5.47. The minimum Gasteiger partial charge on any atom is -0.444 e. The summed E-state index contributed by atoms with van der Waals surface area (Å²) in [6.07, 6.45) is 6.47. The Labute approximate surface area is 165 Å². The van der Waals surface area contributed by atoms with E-state index in [-0.39, 0.29) is 28.3 Å². The second kappa shape index (κ2) is 7.62. The van der Waals surface area contributed by atoms with Crippen molar-refractivity contribution in [1.82, 2.24) is 19.8 Å². The zero-order valence-corrected chi connectivity index (χ0v) is 17.0. The molecule has 0 unspecified atom stereocenters. The van der Waals surface area contributed by atoms with Crippen LogP contribution in [-0.4, -0.2) is 63.5 Å². The first-order chi connectivity index (χ1) is 12.7. The predicted octanol–water partition coefficient (Wildman–Crippen LogP) is 3.38. The number of hydrogen-bond donors (Lipinski definition) is 0. The van der Waals surface area contributed by atoms with Gasteiger partial charge in [-0.1, -0.05) is 11.6 Å². The number of hydrogen-bond acceptors (Lipinski definition) is 5. The molecule has 148 valence electrons. The number of likely N-dealkylation sites (tertiary alicyclic amines) is 2. The van der Waals surface area contributed by atoms with Gasteiger partial charge in [-0.3, -0.25) is 4.79 Å². The van der Waals surface area contributed by atoms with Gasteiger partial charge in [0.2, 0.25) is 0 Å². The molecule has 27 heavy (non-hydrogen) atoms. The van der Waals surface area contributed by atoms with Gasteiger partial charge in [-0.05, 0) is 51.9 Å². The third-order valence-electron chi connectivity index (χ3n) is 5.44. The molecule has 8 heteroatoms. The van der Waals surface area contributed by atoms with E-state index in [0.29, 0.717) is 26.2 Å². The number of carbonyl (C=O) groups excluding carboxylic acids is 2. The van der Waals surface area contributed by atoms with E-state index >= 15 is 0 Å². The molecular formula is C19H27ClN4O3. The monoisotopic (exact) mass is 394 g/mol. The molecule has 2 aliphatic rings. The third kappa shape index (κ3) is 4.69. The van der Waals surface area contributed by atoms with Gasteiger partial charge in [-0.25, -0.2) is 14.8 Å². The predicted molar refractivity (Wildman–Crippen MR) is 102 cm³/mol. The molecule has 0 N–H and O–H groups in total. The van der Waals surface area contributed by atoms with Crippen LogP contribution in [0.15, 0.2) is 12.4 Å². The lowest BCUT2D eigenvalue weighted by Gasteiger charge is -2.46. The first kappa shape index (κ1) is 19.9. The van der Waals surface area contributed by atoms with Crippen LogP contribution in [0.3, 0.4) is 0 Å². The van der Waals surface area contributed by atoms with Gasteiger partial charge in [-0.15, -0.1) is 0 Å². The lowest BCUT2D eigenvalue weighted by molar-refractivity contribution is -0.00119. The molecular weight excluding hydrogens is 368 g/mol. The van der Waals surface area contributed by atoms with Gasteiger partial charge < -0.3 is 14.5 Å². The second-order valence-electron chi connectivity index (χ2n) is 8.46. The average Bonchev–Trinajstić information content (AvgIpc) is 2.61. The van der Waals surface area contributed by atoms with E-state index < -0.39 is 5.60 Å². The van der Waals surface area contributed by atoms with Gasteiger partial charge in [0.25, 0.3) is 5.91 Å². The Hall–Kier alpha value is -1.89. The Bertz CT molecular complexity index is 701. The zero-order chi connectivity index (χ0) is 19.7. The smallest absolute Gasteiger partial charge is 0.410 e. The summed E-state index contributed by atoms with van der Waals surface area (Å²) in [6.45, 7) is 8.42. The largest absolute Gasteiger partial charge is 0.444 e. The quantitative estimate of drug-likeness (QED) is 0.729. The molecule has 1 spiro atoms. The Kier molecular flexibility index (Phi) is 5.60. The molecule has 3 heterocycles. The lowest BCUT2D eigenvalue weighted by Crippen LogP contribution is -2.50. The van der Waals surface area contributed by atoms with Crippen molar-refractivity contribution in [2.45, 2.75) is 52.1 Å². The highest BCUT2D eigenvalue weighted by Gasteiger charge is 2.40.